The molecule has 0 atom stereocenters. The second kappa shape index (κ2) is 7.23. The van der Waals surface area contributed by atoms with Crippen LogP contribution in [0.1, 0.15) is 37.1 Å². The molecule has 0 aliphatic carbocycles. The number of aliphatic hydroxyl groups is 1. The van der Waals surface area contributed by atoms with Crippen molar-refractivity contribution in [2.75, 3.05) is 39.3 Å². The minimum absolute atomic E-state index is 0.0252. The van der Waals surface area contributed by atoms with Crippen LogP contribution in [0.4, 0.5) is 0 Å². The van der Waals surface area contributed by atoms with E-state index in [4.69, 9.17) is 0 Å². The fourth-order valence-electron chi connectivity index (χ4n) is 3.96. The molecule has 1 N–H and O–H groups in total. The van der Waals surface area contributed by atoms with Gasteiger partial charge in [0.05, 0.1) is 18.6 Å². The van der Waals surface area contributed by atoms with Gasteiger partial charge in [-0.25, -0.2) is 4.98 Å². The molecule has 1 aromatic heterocycles. The molecule has 0 bridgehead atoms. The van der Waals surface area contributed by atoms with Crippen molar-refractivity contribution >= 4 is 5.91 Å². The first kappa shape index (κ1) is 17.4. The van der Waals surface area contributed by atoms with Gasteiger partial charge in [0.2, 0.25) is 5.91 Å². The number of aromatic nitrogens is 2. The molecular formula is C18H30N4O2. The summed E-state index contributed by atoms with van der Waals surface area (Å²) >= 11 is 0. The normalized spacial score (nSPS) is 21.4. The Bertz CT molecular complexity index is 570. The molecule has 3 heterocycles. The zero-order valence-corrected chi connectivity index (χ0v) is 15.0. The highest BCUT2D eigenvalue weighted by molar-refractivity contribution is 5.76. The van der Waals surface area contributed by atoms with E-state index >= 15 is 0 Å². The molecule has 1 amide bonds. The van der Waals surface area contributed by atoms with E-state index in [9.17, 15) is 9.90 Å². The van der Waals surface area contributed by atoms with Gasteiger partial charge >= 0.3 is 0 Å². The van der Waals surface area contributed by atoms with Crippen molar-refractivity contribution in [3.05, 3.63) is 17.7 Å². The Morgan fingerprint density at radius 3 is 2.42 bits per heavy atom. The highest BCUT2D eigenvalue weighted by atomic mass is 16.3. The van der Waals surface area contributed by atoms with E-state index in [2.05, 4.69) is 9.88 Å². The number of nitrogens with zero attached hydrogens (tertiary/aromatic N) is 4. The number of hydrogen-bond acceptors (Lipinski definition) is 4. The number of aliphatic hydroxyl groups excluding tert-OH is 1. The molecule has 24 heavy (non-hydrogen) atoms. The first-order valence-electron chi connectivity index (χ1n) is 9.12. The second-order valence-corrected chi connectivity index (χ2v) is 7.57. The molecule has 0 radical (unpaired) electrons. The summed E-state index contributed by atoms with van der Waals surface area (Å²) < 4.78 is 1.93. The molecule has 6 heteroatoms. The average Bonchev–Trinajstić information content (AvgIpc) is 3.20. The number of likely N-dealkylation sites (tertiary alicyclic amines) is 2. The Morgan fingerprint density at radius 1 is 1.21 bits per heavy atom. The summed E-state index contributed by atoms with van der Waals surface area (Å²) in [5, 5.41) is 9.96. The number of carbonyl (C=O) groups excluding carboxylic acids is 1. The molecule has 0 spiro atoms. The highest BCUT2D eigenvalue weighted by Crippen LogP contribution is 2.33. The molecule has 3 rings (SSSR count). The van der Waals surface area contributed by atoms with E-state index in [0.717, 1.165) is 57.0 Å². The van der Waals surface area contributed by atoms with Crippen molar-refractivity contribution in [3.63, 3.8) is 0 Å². The lowest BCUT2D eigenvalue weighted by Crippen LogP contribution is -2.49. The summed E-state index contributed by atoms with van der Waals surface area (Å²) in [4.78, 5) is 21.3. The van der Waals surface area contributed by atoms with Crippen molar-refractivity contribution in [3.8, 4) is 0 Å². The number of aryl methyl sites for hydroxylation is 1. The molecular weight excluding hydrogens is 304 g/mol. The van der Waals surface area contributed by atoms with E-state index in [1.54, 1.807) is 6.33 Å². The number of rotatable bonds is 5. The minimum Gasteiger partial charge on any atom is -0.396 e. The van der Waals surface area contributed by atoms with Gasteiger partial charge in [0, 0.05) is 30.7 Å². The Kier molecular flexibility index (Phi) is 5.25. The summed E-state index contributed by atoms with van der Waals surface area (Å²) in [6.07, 6.45) is 6.09. The van der Waals surface area contributed by atoms with Crippen LogP contribution >= 0.6 is 0 Å². The number of piperidine rings is 1. The van der Waals surface area contributed by atoms with Gasteiger partial charge in [0.15, 0.2) is 0 Å². The van der Waals surface area contributed by atoms with Gasteiger partial charge in [-0.3, -0.25) is 4.79 Å². The van der Waals surface area contributed by atoms with Crippen LogP contribution in [0.25, 0.3) is 0 Å². The molecule has 0 aromatic carbocycles. The molecule has 6 nitrogen and oxygen atoms in total. The summed E-state index contributed by atoms with van der Waals surface area (Å²) in [6.45, 7) is 9.35. The molecule has 2 saturated heterocycles. The molecule has 0 unspecified atom stereocenters. The Balaban J connectivity index is 1.55. The number of imidazole rings is 1. The van der Waals surface area contributed by atoms with Gasteiger partial charge in [-0.05, 0) is 52.6 Å². The summed E-state index contributed by atoms with van der Waals surface area (Å²) in [6, 6.07) is 0. The van der Waals surface area contributed by atoms with E-state index in [0.29, 0.717) is 6.54 Å². The third-order valence-electron chi connectivity index (χ3n) is 5.92. The van der Waals surface area contributed by atoms with Gasteiger partial charge in [-0.15, -0.1) is 0 Å². The molecule has 1 aromatic rings. The quantitative estimate of drug-likeness (QED) is 0.879. The predicted molar refractivity (Wildman–Crippen MR) is 92.7 cm³/mol. The molecule has 134 valence electrons. The second-order valence-electron chi connectivity index (χ2n) is 7.57. The highest BCUT2D eigenvalue weighted by Gasteiger charge is 2.37. The Hall–Kier alpha value is -1.40. The number of hydrogen-bond donors (Lipinski definition) is 1. The van der Waals surface area contributed by atoms with E-state index in [-0.39, 0.29) is 17.9 Å². The van der Waals surface area contributed by atoms with Crippen LogP contribution in [-0.2, 0) is 11.3 Å². The lowest BCUT2D eigenvalue weighted by molar-refractivity contribution is -0.135. The van der Waals surface area contributed by atoms with Gasteiger partial charge in [0.25, 0.3) is 0 Å². The van der Waals surface area contributed by atoms with Crippen LogP contribution in [0.5, 0.6) is 0 Å². The topological polar surface area (TPSA) is 61.6 Å². The zero-order chi connectivity index (χ0) is 17.2. The molecule has 2 fully saturated rings. The number of amides is 1. The van der Waals surface area contributed by atoms with Gasteiger partial charge < -0.3 is 19.5 Å². The molecule has 2 aliphatic heterocycles. The van der Waals surface area contributed by atoms with Crippen LogP contribution < -0.4 is 0 Å². The van der Waals surface area contributed by atoms with Gasteiger partial charge in [0.1, 0.15) is 6.54 Å². The molecule has 2 aliphatic rings. The lowest BCUT2D eigenvalue weighted by atomic mass is 9.78. The first-order valence-corrected chi connectivity index (χ1v) is 9.12. The van der Waals surface area contributed by atoms with Crippen molar-refractivity contribution in [2.45, 2.75) is 46.1 Å². The maximum absolute atomic E-state index is 12.6. The summed E-state index contributed by atoms with van der Waals surface area (Å²) in [7, 11) is 0. The number of carbonyl (C=O) groups is 1. The smallest absolute Gasteiger partial charge is 0.242 e. The van der Waals surface area contributed by atoms with Gasteiger partial charge in [-0.1, -0.05) is 0 Å². The van der Waals surface area contributed by atoms with Crippen molar-refractivity contribution < 1.29 is 9.90 Å². The maximum atomic E-state index is 12.6. The van der Waals surface area contributed by atoms with Crippen molar-refractivity contribution in [2.24, 2.45) is 5.41 Å². The van der Waals surface area contributed by atoms with Crippen LogP contribution in [-0.4, -0.2) is 69.7 Å². The fourth-order valence-corrected chi connectivity index (χ4v) is 3.96. The minimum atomic E-state index is -0.0252. The zero-order valence-electron chi connectivity index (χ0n) is 15.0. The lowest BCUT2D eigenvalue weighted by Gasteiger charge is -2.42. The first-order chi connectivity index (χ1) is 11.5. The Labute approximate surface area is 144 Å². The van der Waals surface area contributed by atoms with Crippen LogP contribution in [0, 0.1) is 19.3 Å². The van der Waals surface area contributed by atoms with Crippen LogP contribution in [0.3, 0.4) is 0 Å². The summed E-state index contributed by atoms with van der Waals surface area (Å²) in [5.41, 5.74) is 2.01. The van der Waals surface area contributed by atoms with Gasteiger partial charge in [-0.2, -0.15) is 0 Å². The third-order valence-corrected chi connectivity index (χ3v) is 5.92. The van der Waals surface area contributed by atoms with Crippen molar-refractivity contribution in [1.29, 1.82) is 0 Å². The summed E-state index contributed by atoms with van der Waals surface area (Å²) in [5.74, 6) is 0.156. The molecule has 0 saturated carbocycles. The van der Waals surface area contributed by atoms with E-state index in [1.165, 1.54) is 12.8 Å². The maximum Gasteiger partial charge on any atom is 0.242 e. The predicted octanol–water partition coefficient (Wildman–Crippen LogP) is 1.20. The standard InChI is InChI=1S/C18H30N4O2/c1-15-16(2)22(14-19-15)11-17(24)21-9-5-18(13-23,6-10-21)12-20-7-3-4-8-20/h14,23H,3-13H2,1-2H3. The average molecular weight is 334 g/mol. The Morgan fingerprint density at radius 2 is 1.88 bits per heavy atom. The van der Waals surface area contributed by atoms with E-state index in [1.807, 2.05) is 23.3 Å². The monoisotopic (exact) mass is 334 g/mol. The van der Waals surface area contributed by atoms with Crippen LogP contribution in [0.15, 0.2) is 6.33 Å². The largest absolute Gasteiger partial charge is 0.396 e. The fraction of sp³-hybridized carbons (Fsp3) is 0.778. The van der Waals surface area contributed by atoms with Crippen molar-refractivity contribution in [1.82, 2.24) is 19.4 Å². The third kappa shape index (κ3) is 3.64. The van der Waals surface area contributed by atoms with E-state index < -0.39 is 0 Å². The SMILES string of the molecule is Cc1ncn(CC(=O)N2CCC(CO)(CN3CCCC3)CC2)c1C. The van der Waals surface area contributed by atoms with Crippen LogP contribution in [0.2, 0.25) is 0 Å².